The Morgan fingerprint density at radius 1 is 1.00 bits per heavy atom. The monoisotopic (exact) mass is 394 g/mol. The van der Waals surface area contributed by atoms with Crippen molar-refractivity contribution in [2.45, 2.75) is 13.3 Å². The standard InChI is InChI=1S/C22H23FN4O2/c1-15-19(18-4-2-3-5-20(18)24-15)14-21(28)26-10-12-27(13-11-26)22(29)25-17-8-6-16(23)7-9-17/h2-9,24H,10-14H2,1H3,(H,25,29). The van der Waals surface area contributed by atoms with Gasteiger partial charge >= 0.3 is 6.03 Å². The molecular weight excluding hydrogens is 371 g/mol. The Labute approximate surface area is 168 Å². The van der Waals surface area contributed by atoms with Crippen LogP contribution in [-0.4, -0.2) is 52.9 Å². The van der Waals surface area contributed by atoms with Gasteiger partial charge in [0.1, 0.15) is 5.82 Å². The highest BCUT2D eigenvalue weighted by Gasteiger charge is 2.25. The van der Waals surface area contributed by atoms with Crippen molar-refractivity contribution in [2.75, 3.05) is 31.5 Å². The molecule has 7 heteroatoms. The maximum absolute atomic E-state index is 13.0. The largest absolute Gasteiger partial charge is 0.358 e. The number of aromatic nitrogens is 1. The van der Waals surface area contributed by atoms with Crippen molar-refractivity contribution in [3.8, 4) is 0 Å². The number of nitrogens with zero attached hydrogens (tertiary/aromatic N) is 2. The minimum absolute atomic E-state index is 0.0662. The number of rotatable bonds is 3. The predicted molar refractivity (Wildman–Crippen MR) is 110 cm³/mol. The first-order valence-electron chi connectivity index (χ1n) is 9.67. The maximum atomic E-state index is 13.0. The molecule has 0 spiro atoms. The first-order chi connectivity index (χ1) is 14.0. The van der Waals surface area contributed by atoms with Gasteiger partial charge in [0.2, 0.25) is 5.91 Å². The van der Waals surface area contributed by atoms with Crippen molar-refractivity contribution >= 4 is 28.5 Å². The highest BCUT2D eigenvalue weighted by molar-refractivity contribution is 5.91. The molecule has 0 saturated carbocycles. The number of fused-ring (bicyclic) bond motifs is 1. The van der Waals surface area contributed by atoms with Crippen molar-refractivity contribution in [1.29, 1.82) is 0 Å². The minimum Gasteiger partial charge on any atom is -0.358 e. The number of benzene rings is 2. The van der Waals surface area contributed by atoms with Gasteiger partial charge in [-0.25, -0.2) is 9.18 Å². The number of anilines is 1. The molecule has 3 amide bonds. The van der Waals surface area contributed by atoms with Crippen LogP contribution in [0.1, 0.15) is 11.3 Å². The number of hydrogen-bond donors (Lipinski definition) is 2. The Morgan fingerprint density at radius 2 is 1.66 bits per heavy atom. The second-order valence-electron chi connectivity index (χ2n) is 7.26. The molecule has 4 rings (SSSR count). The molecule has 0 unspecified atom stereocenters. The van der Waals surface area contributed by atoms with E-state index in [1.165, 1.54) is 24.3 Å². The molecule has 3 aromatic rings. The molecule has 1 aliphatic heterocycles. The third-order valence-corrected chi connectivity index (χ3v) is 5.37. The van der Waals surface area contributed by atoms with Crippen LogP contribution >= 0.6 is 0 Å². The van der Waals surface area contributed by atoms with Crippen LogP contribution in [-0.2, 0) is 11.2 Å². The van der Waals surface area contributed by atoms with Gasteiger partial charge in [0.25, 0.3) is 0 Å². The number of aryl methyl sites for hydroxylation is 1. The number of carbonyl (C=O) groups is 2. The van der Waals surface area contributed by atoms with Gasteiger partial charge in [-0.05, 0) is 42.8 Å². The molecule has 0 atom stereocenters. The van der Waals surface area contributed by atoms with E-state index >= 15 is 0 Å². The predicted octanol–water partition coefficient (Wildman–Crippen LogP) is 3.53. The highest BCUT2D eigenvalue weighted by Crippen LogP contribution is 2.23. The molecule has 2 N–H and O–H groups in total. The summed E-state index contributed by atoms with van der Waals surface area (Å²) in [6.07, 6.45) is 0.345. The van der Waals surface area contributed by atoms with Crippen molar-refractivity contribution in [1.82, 2.24) is 14.8 Å². The van der Waals surface area contributed by atoms with Gasteiger partial charge in [-0.2, -0.15) is 0 Å². The Bertz CT molecular complexity index is 1040. The van der Waals surface area contributed by atoms with Gasteiger partial charge in [-0.15, -0.1) is 0 Å². The van der Waals surface area contributed by atoms with Gasteiger partial charge in [0.05, 0.1) is 6.42 Å². The summed E-state index contributed by atoms with van der Waals surface area (Å²) in [6.45, 7) is 3.91. The molecule has 0 radical (unpaired) electrons. The zero-order valence-corrected chi connectivity index (χ0v) is 16.2. The lowest BCUT2D eigenvalue weighted by Gasteiger charge is -2.34. The van der Waals surface area contributed by atoms with E-state index in [0.29, 0.717) is 38.3 Å². The van der Waals surface area contributed by atoms with Gasteiger partial charge in [-0.3, -0.25) is 4.79 Å². The van der Waals surface area contributed by atoms with Crippen LogP contribution in [0.4, 0.5) is 14.9 Å². The van der Waals surface area contributed by atoms with E-state index in [4.69, 9.17) is 0 Å². The van der Waals surface area contributed by atoms with Gasteiger partial charge in [0.15, 0.2) is 0 Å². The second-order valence-corrected chi connectivity index (χ2v) is 7.26. The van der Waals surface area contributed by atoms with Crippen molar-refractivity contribution in [2.24, 2.45) is 0 Å². The smallest absolute Gasteiger partial charge is 0.321 e. The Balaban J connectivity index is 1.34. The zero-order chi connectivity index (χ0) is 20.4. The molecule has 6 nitrogen and oxygen atoms in total. The number of hydrogen-bond acceptors (Lipinski definition) is 2. The zero-order valence-electron chi connectivity index (χ0n) is 16.2. The number of para-hydroxylation sites is 1. The third kappa shape index (κ3) is 4.08. The molecule has 1 aliphatic rings. The van der Waals surface area contributed by atoms with Crippen LogP contribution in [0.25, 0.3) is 10.9 Å². The molecule has 1 fully saturated rings. The van der Waals surface area contributed by atoms with Gasteiger partial charge in [0, 0.05) is 48.5 Å². The third-order valence-electron chi connectivity index (χ3n) is 5.37. The summed E-state index contributed by atoms with van der Waals surface area (Å²) in [5, 5.41) is 3.84. The summed E-state index contributed by atoms with van der Waals surface area (Å²) >= 11 is 0. The van der Waals surface area contributed by atoms with Crippen LogP contribution in [0.2, 0.25) is 0 Å². The lowest BCUT2D eigenvalue weighted by Crippen LogP contribution is -2.52. The fourth-order valence-corrected chi connectivity index (χ4v) is 3.72. The first kappa shape index (κ1) is 19.0. The SMILES string of the molecule is Cc1[nH]c2ccccc2c1CC(=O)N1CCN(C(=O)Nc2ccc(F)cc2)CC1. The van der Waals surface area contributed by atoms with E-state index in [2.05, 4.69) is 10.3 Å². The molecule has 1 saturated heterocycles. The molecule has 29 heavy (non-hydrogen) atoms. The molecule has 0 bridgehead atoms. The number of aromatic amines is 1. The summed E-state index contributed by atoms with van der Waals surface area (Å²) in [5.74, 6) is -0.281. The first-order valence-corrected chi connectivity index (χ1v) is 9.67. The average molecular weight is 394 g/mol. The van der Waals surface area contributed by atoms with Crippen LogP contribution in [0, 0.1) is 12.7 Å². The van der Waals surface area contributed by atoms with Crippen LogP contribution in [0.15, 0.2) is 48.5 Å². The molecular formula is C22H23FN4O2. The Kier molecular flexibility index (Phi) is 5.20. The van der Waals surface area contributed by atoms with E-state index in [1.807, 2.05) is 36.1 Å². The van der Waals surface area contributed by atoms with Gasteiger partial charge in [-0.1, -0.05) is 18.2 Å². The van der Waals surface area contributed by atoms with E-state index in [1.54, 1.807) is 4.90 Å². The quantitative estimate of drug-likeness (QED) is 0.714. The number of carbonyl (C=O) groups excluding carboxylic acids is 2. The van der Waals surface area contributed by atoms with Crippen molar-refractivity contribution in [3.63, 3.8) is 0 Å². The van der Waals surface area contributed by atoms with Crippen molar-refractivity contribution < 1.29 is 14.0 Å². The number of amides is 3. The van der Waals surface area contributed by atoms with E-state index in [9.17, 15) is 14.0 Å². The lowest BCUT2D eigenvalue weighted by molar-refractivity contribution is -0.131. The molecule has 150 valence electrons. The molecule has 2 heterocycles. The molecule has 1 aromatic heterocycles. The van der Waals surface area contributed by atoms with Crippen LogP contribution < -0.4 is 5.32 Å². The average Bonchev–Trinajstić information content (AvgIpc) is 3.05. The number of nitrogens with one attached hydrogen (secondary N) is 2. The van der Waals surface area contributed by atoms with Gasteiger partial charge < -0.3 is 20.1 Å². The summed E-state index contributed by atoms with van der Waals surface area (Å²) in [6, 6.07) is 13.4. The minimum atomic E-state index is -0.347. The Hall–Kier alpha value is -3.35. The second kappa shape index (κ2) is 7.95. The van der Waals surface area contributed by atoms with E-state index in [0.717, 1.165) is 22.2 Å². The number of halogens is 1. The molecule has 2 aromatic carbocycles. The highest BCUT2D eigenvalue weighted by atomic mass is 19.1. The van der Waals surface area contributed by atoms with Crippen molar-refractivity contribution in [3.05, 3.63) is 65.6 Å². The summed E-state index contributed by atoms with van der Waals surface area (Å²) in [7, 11) is 0. The fraction of sp³-hybridized carbons (Fsp3) is 0.273. The summed E-state index contributed by atoms with van der Waals surface area (Å²) in [4.78, 5) is 32.0. The van der Waals surface area contributed by atoms with Crippen LogP contribution in [0.3, 0.4) is 0 Å². The molecule has 0 aliphatic carbocycles. The number of urea groups is 1. The summed E-state index contributed by atoms with van der Waals surface area (Å²) in [5.41, 5.74) is 3.62. The lowest BCUT2D eigenvalue weighted by atomic mass is 10.1. The summed E-state index contributed by atoms with van der Waals surface area (Å²) < 4.78 is 13.0. The number of H-pyrrole nitrogens is 1. The maximum Gasteiger partial charge on any atom is 0.321 e. The van der Waals surface area contributed by atoms with E-state index in [-0.39, 0.29) is 17.8 Å². The topological polar surface area (TPSA) is 68.4 Å². The fourth-order valence-electron chi connectivity index (χ4n) is 3.72. The number of piperazine rings is 1. The normalized spacial score (nSPS) is 14.3. The van der Waals surface area contributed by atoms with E-state index < -0.39 is 0 Å². The van der Waals surface area contributed by atoms with Crippen LogP contribution in [0.5, 0.6) is 0 Å². The Morgan fingerprint density at radius 3 is 2.38 bits per heavy atom.